The SMILES string of the molecule is COC(=O)C(N)c1ccc(Br)c([N+](=O)[O-])c1. The third-order valence-corrected chi connectivity index (χ3v) is 2.65. The molecule has 0 aliphatic rings. The quantitative estimate of drug-likeness (QED) is 0.517. The maximum Gasteiger partial charge on any atom is 0.327 e. The Bertz CT molecular complexity index is 436. The van der Waals surface area contributed by atoms with E-state index in [1.807, 2.05) is 0 Å². The van der Waals surface area contributed by atoms with Crippen molar-refractivity contribution in [3.63, 3.8) is 0 Å². The number of benzene rings is 1. The smallest absolute Gasteiger partial charge is 0.327 e. The van der Waals surface area contributed by atoms with Gasteiger partial charge < -0.3 is 10.5 Å². The topological polar surface area (TPSA) is 95.5 Å². The first kappa shape index (κ1) is 12.6. The van der Waals surface area contributed by atoms with E-state index in [1.54, 1.807) is 0 Å². The Balaban J connectivity index is 3.12. The van der Waals surface area contributed by atoms with Gasteiger partial charge in [0, 0.05) is 6.07 Å². The van der Waals surface area contributed by atoms with Gasteiger partial charge in [-0.15, -0.1) is 0 Å². The number of nitrogens with two attached hydrogens (primary N) is 1. The van der Waals surface area contributed by atoms with Crippen LogP contribution < -0.4 is 5.73 Å². The normalized spacial score (nSPS) is 11.9. The van der Waals surface area contributed by atoms with Crippen LogP contribution in [0.15, 0.2) is 22.7 Å². The van der Waals surface area contributed by atoms with Crippen molar-refractivity contribution in [3.8, 4) is 0 Å². The molecule has 1 atom stereocenters. The van der Waals surface area contributed by atoms with Crippen LogP contribution in [0, 0.1) is 10.1 Å². The highest BCUT2D eigenvalue weighted by Crippen LogP contribution is 2.27. The highest BCUT2D eigenvalue weighted by molar-refractivity contribution is 9.10. The lowest BCUT2D eigenvalue weighted by Gasteiger charge is -2.09. The summed E-state index contributed by atoms with van der Waals surface area (Å²) >= 11 is 3.04. The number of rotatable bonds is 3. The van der Waals surface area contributed by atoms with E-state index < -0.39 is 16.9 Å². The molecule has 0 saturated heterocycles. The summed E-state index contributed by atoms with van der Waals surface area (Å²) in [6, 6.07) is 3.22. The van der Waals surface area contributed by atoms with Crippen molar-refractivity contribution in [2.75, 3.05) is 7.11 Å². The number of carbonyl (C=O) groups is 1. The first-order valence-corrected chi connectivity index (χ1v) is 5.04. The molecule has 86 valence electrons. The van der Waals surface area contributed by atoms with E-state index in [9.17, 15) is 14.9 Å². The number of nitro benzene ring substituents is 1. The summed E-state index contributed by atoms with van der Waals surface area (Å²) in [4.78, 5) is 21.2. The fourth-order valence-electron chi connectivity index (χ4n) is 1.13. The first-order chi connectivity index (χ1) is 7.47. The Morgan fingerprint density at radius 1 is 1.62 bits per heavy atom. The van der Waals surface area contributed by atoms with Crippen LogP contribution in [0.2, 0.25) is 0 Å². The second kappa shape index (κ2) is 5.04. The molecule has 6 nitrogen and oxygen atoms in total. The summed E-state index contributed by atoms with van der Waals surface area (Å²) in [7, 11) is 1.20. The molecule has 0 radical (unpaired) electrons. The summed E-state index contributed by atoms with van der Waals surface area (Å²) in [5, 5.41) is 10.7. The standard InChI is InChI=1S/C9H9BrN2O4/c1-16-9(13)8(11)5-2-3-6(10)7(4-5)12(14)15/h2-4,8H,11H2,1H3. The zero-order valence-corrected chi connectivity index (χ0v) is 9.93. The van der Waals surface area contributed by atoms with Gasteiger partial charge in [0.25, 0.3) is 5.69 Å². The van der Waals surface area contributed by atoms with Crippen LogP contribution in [-0.4, -0.2) is 18.0 Å². The van der Waals surface area contributed by atoms with E-state index in [-0.39, 0.29) is 5.69 Å². The third-order valence-electron chi connectivity index (χ3n) is 1.98. The molecule has 0 spiro atoms. The maximum absolute atomic E-state index is 11.1. The van der Waals surface area contributed by atoms with Gasteiger partial charge in [-0.2, -0.15) is 0 Å². The van der Waals surface area contributed by atoms with Gasteiger partial charge in [-0.3, -0.25) is 14.9 Å². The largest absolute Gasteiger partial charge is 0.468 e. The molecule has 0 aliphatic carbocycles. The van der Waals surface area contributed by atoms with Gasteiger partial charge in [0.05, 0.1) is 16.5 Å². The van der Waals surface area contributed by atoms with Gasteiger partial charge in [0.2, 0.25) is 0 Å². The van der Waals surface area contributed by atoms with Gasteiger partial charge in [0.1, 0.15) is 6.04 Å². The maximum atomic E-state index is 11.1. The van der Waals surface area contributed by atoms with E-state index in [2.05, 4.69) is 20.7 Å². The van der Waals surface area contributed by atoms with Crippen molar-refractivity contribution in [2.24, 2.45) is 5.73 Å². The van der Waals surface area contributed by atoms with Gasteiger partial charge in [0.15, 0.2) is 0 Å². The Morgan fingerprint density at radius 2 is 2.25 bits per heavy atom. The molecule has 0 fully saturated rings. The van der Waals surface area contributed by atoms with Crippen molar-refractivity contribution < 1.29 is 14.5 Å². The summed E-state index contributed by atoms with van der Waals surface area (Å²) in [5.41, 5.74) is 5.75. The van der Waals surface area contributed by atoms with Gasteiger partial charge in [-0.1, -0.05) is 6.07 Å². The number of nitrogens with zero attached hydrogens (tertiary/aromatic N) is 1. The Kier molecular flexibility index (Phi) is 3.97. The summed E-state index contributed by atoms with van der Waals surface area (Å²) in [6.07, 6.45) is 0. The Hall–Kier alpha value is -1.47. The molecule has 2 N–H and O–H groups in total. The number of nitro groups is 1. The van der Waals surface area contributed by atoms with Crippen LogP contribution in [0.3, 0.4) is 0 Å². The van der Waals surface area contributed by atoms with Gasteiger partial charge in [-0.05, 0) is 27.6 Å². The monoisotopic (exact) mass is 288 g/mol. The van der Waals surface area contributed by atoms with E-state index in [0.29, 0.717) is 10.0 Å². The molecule has 0 saturated carbocycles. The zero-order chi connectivity index (χ0) is 12.3. The molecule has 1 aromatic rings. The number of hydrogen-bond donors (Lipinski definition) is 1. The van der Waals surface area contributed by atoms with E-state index in [4.69, 9.17) is 5.73 Å². The number of ether oxygens (including phenoxy) is 1. The van der Waals surface area contributed by atoms with Crippen LogP contribution in [0.4, 0.5) is 5.69 Å². The van der Waals surface area contributed by atoms with Crippen LogP contribution in [0.5, 0.6) is 0 Å². The first-order valence-electron chi connectivity index (χ1n) is 4.24. The minimum Gasteiger partial charge on any atom is -0.468 e. The number of hydrogen-bond acceptors (Lipinski definition) is 5. The van der Waals surface area contributed by atoms with E-state index >= 15 is 0 Å². The minimum atomic E-state index is -1.02. The van der Waals surface area contributed by atoms with Crippen molar-refractivity contribution in [2.45, 2.75) is 6.04 Å². The molecule has 7 heteroatoms. The molecular formula is C9H9BrN2O4. The molecule has 0 heterocycles. The summed E-state index contributed by atoms with van der Waals surface area (Å²) in [5.74, 6) is -0.642. The lowest BCUT2D eigenvalue weighted by molar-refractivity contribution is -0.385. The number of halogens is 1. The highest BCUT2D eigenvalue weighted by atomic mass is 79.9. The van der Waals surface area contributed by atoms with E-state index in [1.165, 1.54) is 25.3 Å². The molecule has 1 unspecified atom stereocenters. The van der Waals surface area contributed by atoms with Crippen molar-refractivity contribution in [1.29, 1.82) is 0 Å². The molecule has 1 aromatic carbocycles. The molecule has 0 aromatic heterocycles. The number of methoxy groups -OCH3 is 1. The van der Waals surface area contributed by atoms with Crippen LogP contribution in [0.1, 0.15) is 11.6 Å². The summed E-state index contributed by atoms with van der Waals surface area (Å²) < 4.78 is 4.78. The zero-order valence-electron chi connectivity index (χ0n) is 8.34. The van der Waals surface area contributed by atoms with Crippen LogP contribution >= 0.6 is 15.9 Å². The van der Waals surface area contributed by atoms with Gasteiger partial charge in [-0.25, -0.2) is 0 Å². The fraction of sp³-hybridized carbons (Fsp3) is 0.222. The second-order valence-electron chi connectivity index (χ2n) is 2.97. The number of esters is 1. The molecule has 16 heavy (non-hydrogen) atoms. The average molecular weight is 289 g/mol. The minimum absolute atomic E-state index is 0.142. The fourth-order valence-corrected chi connectivity index (χ4v) is 1.52. The Morgan fingerprint density at radius 3 is 2.75 bits per heavy atom. The lowest BCUT2D eigenvalue weighted by Crippen LogP contribution is -2.22. The third kappa shape index (κ3) is 2.56. The molecule has 0 bridgehead atoms. The Labute approximate surface area is 99.7 Å². The second-order valence-corrected chi connectivity index (χ2v) is 3.82. The van der Waals surface area contributed by atoms with Crippen LogP contribution in [-0.2, 0) is 9.53 Å². The highest BCUT2D eigenvalue weighted by Gasteiger charge is 2.20. The van der Waals surface area contributed by atoms with Crippen molar-refractivity contribution >= 4 is 27.6 Å². The van der Waals surface area contributed by atoms with Crippen molar-refractivity contribution in [1.82, 2.24) is 0 Å². The molecule has 0 amide bonds. The molecular weight excluding hydrogens is 280 g/mol. The van der Waals surface area contributed by atoms with E-state index in [0.717, 1.165) is 0 Å². The molecule has 1 rings (SSSR count). The number of carbonyl (C=O) groups excluding carboxylic acids is 1. The lowest BCUT2D eigenvalue weighted by atomic mass is 10.1. The van der Waals surface area contributed by atoms with Crippen molar-refractivity contribution in [3.05, 3.63) is 38.3 Å². The molecule has 0 aliphatic heterocycles. The predicted octanol–water partition coefficient (Wildman–Crippen LogP) is 1.53. The summed E-state index contributed by atoms with van der Waals surface area (Å²) in [6.45, 7) is 0. The van der Waals surface area contributed by atoms with Gasteiger partial charge >= 0.3 is 5.97 Å². The predicted molar refractivity (Wildman–Crippen MR) is 59.7 cm³/mol. The van der Waals surface area contributed by atoms with Crippen LogP contribution in [0.25, 0.3) is 0 Å². The average Bonchev–Trinajstić information content (AvgIpc) is 2.27.